The van der Waals surface area contributed by atoms with E-state index in [1.165, 1.54) is 0 Å². The van der Waals surface area contributed by atoms with Gasteiger partial charge in [-0.05, 0) is 42.0 Å². The molecule has 0 unspecified atom stereocenters. The third kappa shape index (κ3) is 3.81. The molecule has 3 aromatic carbocycles. The van der Waals surface area contributed by atoms with E-state index in [4.69, 9.17) is 10.5 Å². The number of para-hydroxylation sites is 1. The van der Waals surface area contributed by atoms with Gasteiger partial charge in [0, 0.05) is 40.9 Å². The number of benzene rings is 3. The minimum atomic E-state index is -0.131. The number of ether oxygens (including phenoxy) is 1. The van der Waals surface area contributed by atoms with E-state index in [0.717, 1.165) is 27.7 Å². The lowest BCUT2D eigenvalue weighted by Crippen LogP contribution is -2.40. The summed E-state index contributed by atoms with van der Waals surface area (Å²) in [6.45, 7) is 2.49. The van der Waals surface area contributed by atoms with Gasteiger partial charge in [-0.3, -0.25) is 14.7 Å². The molecular formula is C28H25N5O3. The summed E-state index contributed by atoms with van der Waals surface area (Å²) in [4.78, 5) is 30.1. The first-order valence-electron chi connectivity index (χ1n) is 11.9. The Kier molecular flexibility index (Phi) is 5.50. The molecule has 2 aliphatic rings. The Morgan fingerprint density at radius 1 is 1.03 bits per heavy atom. The monoisotopic (exact) mass is 479 g/mol. The van der Waals surface area contributed by atoms with Crippen molar-refractivity contribution in [2.75, 3.05) is 36.9 Å². The first kappa shape index (κ1) is 22.1. The zero-order chi connectivity index (χ0) is 24.6. The smallest absolute Gasteiger partial charge is 0.259 e. The number of nitrogens with zero attached hydrogens (tertiary/aromatic N) is 3. The molecule has 180 valence electrons. The quantitative estimate of drug-likeness (QED) is 0.432. The fraction of sp³-hybridized carbons (Fsp3) is 0.179. The molecule has 8 nitrogen and oxygen atoms in total. The Hall–Kier alpha value is -4.43. The zero-order valence-electron chi connectivity index (χ0n) is 19.6. The second-order valence-corrected chi connectivity index (χ2v) is 8.93. The van der Waals surface area contributed by atoms with Gasteiger partial charge in [0.2, 0.25) is 0 Å². The highest BCUT2D eigenvalue weighted by molar-refractivity contribution is 6.12. The van der Waals surface area contributed by atoms with Crippen LogP contribution in [0.15, 0.2) is 60.7 Å². The molecule has 3 N–H and O–H groups in total. The van der Waals surface area contributed by atoms with Crippen LogP contribution in [0.3, 0.4) is 0 Å². The maximum Gasteiger partial charge on any atom is 0.259 e. The van der Waals surface area contributed by atoms with Gasteiger partial charge in [-0.15, -0.1) is 0 Å². The number of hydrogen-bond donors (Lipinski definition) is 2. The molecule has 8 heteroatoms. The molecule has 1 saturated heterocycles. The summed E-state index contributed by atoms with van der Waals surface area (Å²) < 4.78 is 5.39. The Balaban J connectivity index is 1.41. The number of nitrogens with two attached hydrogens (primary N) is 1. The number of amides is 2. The van der Waals surface area contributed by atoms with Crippen LogP contribution in [0, 0.1) is 0 Å². The first-order chi connectivity index (χ1) is 17.6. The number of carbonyl (C=O) groups is 2. The largest absolute Gasteiger partial charge is 0.398 e. The van der Waals surface area contributed by atoms with Gasteiger partial charge in [-0.2, -0.15) is 5.10 Å². The predicted octanol–water partition coefficient (Wildman–Crippen LogP) is 3.95. The number of anilines is 2. The van der Waals surface area contributed by atoms with Crippen LogP contribution in [0.2, 0.25) is 0 Å². The summed E-state index contributed by atoms with van der Waals surface area (Å²) in [7, 11) is 0. The van der Waals surface area contributed by atoms with Crippen molar-refractivity contribution < 1.29 is 14.3 Å². The van der Waals surface area contributed by atoms with Crippen LogP contribution >= 0.6 is 0 Å². The van der Waals surface area contributed by atoms with Crippen LogP contribution in [0.25, 0.3) is 23.1 Å². The van der Waals surface area contributed by atoms with Gasteiger partial charge in [-0.1, -0.05) is 36.4 Å². The summed E-state index contributed by atoms with van der Waals surface area (Å²) in [5.41, 5.74) is 11.9. The van der Waals surface area contributed by atoms with Crippen molar-refractivity contribution in [3.8, 4) is 0 Å². The van der Waals surface area contributed by atoms with E-state index in [-0.39, 0.29) is 11.8 Å². The molecule has 6 rings (SSSR count). The summed E-state index contributed by atoms with van der Waals surface area (Å²) >= 11 is 0. The van der Waals surface area contributed by atoms with Crippen LogP contribution in [0.1, 0.15) is 37.5 Å². The Labute approximate surface area is 208 Å². The molecule has 1 fully saturated rings. The second kappa shape index (κ2) is 8.98. The topological polar surface area (TPSA) is 105 Å². The van der Waals surface area contributed by atoms with Crippen LogP contribution in [-0.4, -0.2) is 53.2 Å². The Morgan fingerprint density at radius 2 is 1.86 bits per heavy atom. The summed E-state index contributed by atoms with van der Waals surface area (Å²) in [6.07, 6.45) is 3.85. The molecule has 0 saturated carbocycles. The lowest BCUT2D eigenvalue weighted by molar-refractivity contribution is 0.0303. The standard InChI is InChI=1S/C28H25N5O3/c29-23-6-3-5-20-22(23)17-33(28(20)35)26-16-19(27(34)32-12-14-36-15-13-32)9-8-18(26)10-11-25-21-4-1-2-7-24(21)30-31-25/h1-11,16H,12-15,17,29H2,(H,30,31). The van der Waals surface area contributed by atoms with Crippen LogP contribution < -0.4 is 10.6 Å². The van der Waals surface area contributed by atoms with E-state index in [2.05, 4.69) is 10.2 Å². The SMILES string of the molecule is Nc1cccc2c1CN(c1cc(C(=O)N3CCOCC3)ccc1C=Cc1n[nH]c3ccccc13)C2=O. The van der Waals surface area contributed by atoms with E-state index in [1.807, 2.05) is 48.6 Å². The van der Waals surface area contributed by atoms with Crippen LogP contribution in [0.5, 0.6) is 0 Å². The van der Waals surface area contributed by atoms with Crippen molar-refractivity contribution >= 4 is 46.2 Å². The van der Waals surface area contributed by atoms with Gasteiger partial charge in [-0.25, -0.2) is 0 Å². The molecule has 0 bridgehead atoms. The van der Waals surface area contributed by atoms with Crippen molar-refractivity contribution in [2.45, 2.75) is 6.54 Å². The summed E-state index contributed by atoms with van der Waals surface area (Å²) in [5.74, 6) is -0.204. The number of H-pyrrole nitrogens is 1. The zero-order valence-corrected chi connectivity index (χ0v) is 19.6. The molecule has 0 atom stereocenters. The lowest BCUT2D eigenvalue weighted by atomic mass is 10.0. The number of morpholine rings is 1. The number of nitrogen functional groups attached to an aromatic ring is 1. The number of nitrogens with one attached hydrogen (secondary N) is 1. The molecule has 2 amide bonds. The average Bonchev–Trinajstić information content (AvgIpc) is 3.49. The molecule has 2 aliphatic heterocycles. The fourth-order valence-electron chi connectivity index (χ4n) is 4.83. The average molecular weight is 480 g/mol. The predicted molar refractivity (Wildman–Crippen MR) is 140 cm³/mol. The minimum absolute atomic E-state index is 0.0722. The van der Waals surface area contributed by atoms with Gasteiger partial charge in [0.15, 0.2) is 0 Å². The molecule has 36 heavy (non-hydrogen) atoms. The van der Waals surface area contributed by atoms with E-state index >= 15 is 0 Å². The third-order valence-corrected chi connectivity index (χ3v) is 6.79. The first-order valence-corrected chi connectivity index (χ1v) is 11.9. The van der Waals surface area contributed by atoms with Crippen molar-refractivity contribution in [2.24, 2.45) is 0 Å². The number of fused-ring (bicyclic) bond motifs is 2. The van der Waals surface area contributed by atoms with Gasteiger partial charge >= 0.3 is 0 Å². The van der Waals surface area contributed by atoms with Gasteiger partial charge in [0.05, 0.1) is 36.7 Å². The highest BCUT2D eigenvalue weighted by Gasteiger charge is 2.31. The number of aromatic amines is 1. The number of carbonyl (C=O) groups excluding carboxylic acids is 2. The number of rotatable bonds is 4. The molecule has 0 aliphatic carbocycles. The second-order valence-electron chi connectivity index (χ2n) is 8.93. The summed E-state index contributed by atoms with van der Waals surface area (Å²) in [5, 5.41) is 8.47. The van der Waals surface area contributed by atoms with Crippen molar-refractivity contribution in [3.05, 3.63) is 88.6 Å². The third-order valence-electron chi connectivity index (χ3n) is 6.79. The number of hydrogen-bond acceptors (Lipinski definition) is 5. The Bertz CT molecular complexity index is 1520. The highest BCUT2D eigenvalue weighted by atomic mass is 16.5. The Morgan fingerprint density at radius 3 is 2.69 bits per heavy atom. The normalized spacial score (nSPS) is 15.7. The molecule has 1 aromatic heterocycles. The van der Waals surface area contributed by atoms with Gasteiger partial charge < -0.3 is 20.3 Å². The minimum Gasteiger partial charge on any atom is -0.398 e. The molecular weight excluding hydrogens is 454 g/mol. The molecule has 0 radical (unpaired) electrons. The van der Waals surface area contributed by atoms with Crippen molar-refractivity contribution in [3.63, 3.8) is 0 Å². The molecule has 3 heterocycles. The van der Waals surface area contributed by atoms with Gasteiger partial charge in [0.25, 0.3) is 11.8 Å². The lowest BCUT2D eigenvalue weighted by Gasteiger charge is -2.27. The number of aromatic nitrogens is 2. The molecule has 0 spiro atoms. The van der Waals surface area contributed by atoms with Crippen LogP contribution in [-0.2, 0) is 11.3 Å². The van der Waals surface area contributed by atoms with E-state index in [0.29, 0.717) is 55.3 Å². The molecule has 4 aromatic rings. The fourth-order valence-corrected chi connectivity index (χ4v) is 4.83. The van der Waals surface area contributed by atoms with Crippen LogP contribution in [0.4, 0.5) is 11.4 Å². The van der Waals surface area contributed by atoms with Gasteiger partial charge in [0.1, 0.15) is 0 Å². The van der Waals surface area contributed by atoms with E-state index in [9.17, 15) is 9.59 Å². The van der Waals surface area contributed by atoms with Crippen molar-refractivity contribution in [1.82, 2.24) is 15.1 Å². The maximum atomic E-state index is 13.4. The maximum absolute atomic E-state index is 13.4. The van der Waals surface area contributed by atoms with E-state index in [1.54, 1.807) is 34.1 Å². The highest BCUT2D eigenvalue weighted by Crippen LogP contribution is 2.35. The summed E-state index contributed by atoms with van der Waals surface area (Å²) in [6, 6.07) is 18.8. The van der Waals surface area contributed by atoms with E-state index < -0.39 is 0 Å². The van der Waals surface area contributed by atoms with Crippen molar-refractivity contribution in [1.29, 1.82) is 0 Å².